The molecule has 2 atom stereocenters. The molecule has 0 aliphatic heterocycles. The van der Waals surface area contributed by atoms with E-state index >= 15 is 0 Å². The Hall–Kier alpha value is -4.14. The van der Waals surface area contributed by atoms with Crippen molar-refractivity contribution in [3.63, 3.8) is 0 Å². The number of nitrogens with one attached hydrogen (secondary N) is 1. The summed E-state index contributed by atoms with van der Waals surface area (Å²) in [5.74, 6) is -0.818. The van der Waals surface area contributed by atoms with Gasteiger partial charge in [-0.2, -0.15) is 0 Å². The first-order valence-corrected chi connectivity index (χ1v) is 16.8. The summed E-state index contributed by atoms with van der Waals surface area (Å²) in [6, 6.07) is 29.2. The molecule has 4 rings (SSSR count). The van der Waals surface area contributed by atoms with E-state index in [0.29, 0.717) is 22.7 Å². The molecule has 0 aliphatic rings. The third-order valence-corrected chi connectivity index (χ3v) is 10.0. The van der Waals surface area contributed by atoms with Crippen molar-refractivity contribution < 1.29 is 18.0 Å². The molecule has 0 heterocycles. The topological polar surface area (TPSA) is 86.8 Å². The number of rotatable bonds is 13. The third-order valence-electron chi connectivity index (χ3n) is 7.83. The van der Waals surface area contributed by atoms with Crippen LogP contribution in [0.3, 0.4) is 0 Å². The van der Waals surface area contributed by atoms with Gasteiger partial charge in [-0.25, -0.2) is 8.42 Å². The lowest BCUT2D eigenvalue weighted by Crippen LogP contribution is -2.54. The second-order valence-electron chi connectivity index (χ2n) is 11.2. The van der Waals surface area contributed by atoms with Gasteiger partial charge in [-0.1, -0.05) is 103 Å². The fourth-order valence-corrected chi connectivity index (χ4v) is 6.76. The quantitative estimate of drug-likeness (QED) is 0.175. The Kier molecular flexibility index (Phi) is 11.4. The minimum absolute atomic E-state index is 0.0396. The number of aryl methyl sites for hydroxylation is 1. The number of benzene rings is 4. The van der Waals surface area contributed by atoms with E-state index in [-0.39, 0.29) is 29.8 Å². The van der Waals surface area contributed by atoms with Crippen LogP contribution in [-0.2, 0) is 32.6 Å². The third kappa shape index (κ3) is 8.53. The molecule has 7 nitrogen and oxygen atoms in total. The summed E-state index contributed by atoms with van der Waals surface area (Å²) in [7, 11) is -4.20. The molecule has 4 aromatic rings. The van der Waals surface area contributed by atoms with Crippen LogP contribution in [0.15, 0.2) is 108 Å². The van der Waals surface area contributed by atoms with Crippen LogP contribution in [0.25, 0.3) is 0 Å². The van der Waals surface area contributed by atoms with Gasteiger partial charge in [-0.05, 0) is 68.1 Å². The Balaban J connectivity index is 1.83. The average Bonchev–Trinajstić information content (AvgIpc) is 3.03. The van der Waals surface area contributed by atoms with E-state index in [4.69, 9.17) is 11.6 Å². The van der Waals surface area contributed by atoms with Gasteiger partial charge in [0.2, 0.25) is 11.8 Å². The molecule has 0 spiro atoms. The Labute approximate surface area is 271 Å². The smallest absolute Gasteiger partial charge is 0.264 e. The molecular weight excluding hydrogens is 606 g/mol. The van der Waals surface area contributed by atoms with Crippen LogP contribution in [0.4, 0.5) is 5.69 Å². The first kappa shape index (κ1) is 33.7. The fourth-order valence-electron chi connectivity index (χ4n) is 5.10. The van der Waals surface area contributed by atoms with Crippen molar-refractivity contribution in [2.75, 3.05) is 10.8 Å². The highest BCUT2D eigenvalue weighted by atomic mass is 35.5. The fraction of sp³-hybridized carbons (Fsp3) is 0.278. The lowest BCUT2D eigenvalue weighted by Gasteiger charge is -2.34. The van der Waals surface area contributed by atoms with Gasteiger partial charge in [0.15, 0.2) is 0 Å². The summed E-state index contributed by atoms with van der Waals surface area (Å²) < 4.78 is 29.4. The summed E-state index contributed by atoms with van der Waals surface area (Å²) in [4.78, 5) is 30.1. The van der Waals surface area contributed by atoms with Gasteiger partial charge in [-0.3, -0.25) is 13.9 Å². The number of halogens is 1. The Morgan fingerprint density at radius 2 is 1.47 bits per heavy atom. The molecule has 0 bridgehead atoms. The van der Waals surface area contributed by atoms with Gasteiger partial charge < -0.3 is 10.2 Å². The van der Waals surface area contributed by atoms with E-state index in [9.17, 15) is 18.0 Å². The lowest BCUT2D eigenvalue weighted by atomic mass is 10.0. The van der Waals surface area contributed by atoms with Gasteiger partial charge >= 0.3 is 0 Å². The van der Waals surface area contributed by atoms with Crippen molar-refractivity contribution in [1.82, 2.24) is 10.2 Å². The molecule has 0 aliphatic carbocycles. The Bertz CT molecular complexity index is 1720. The largest absolute Gasteiger partial charge is 0.352 e. The molecular formula is C36H40ClN3O4S. The van der Waals surface area contributed by atoms with Crippen molar-refractivity contribution in [2.45, 2.75) is 64.1 Å². The van der Waals surface area contributed by atoms with E-state index < -0.39 is 28.5 Å². The number of anilines is 1. The van der Waals surface area contributed by atoms with Crippen LogP contribution in [0, 0.1) is 13.8 Å². The van der Waals surface area contributed by atoms with Crippen LogP contribution >= 0.6 is 11.6 Å². The molecule has 236 valence electrons. The van der Waals surface area contributed by atoms with E-state index in [1.807, 2.05) is 75.4 Å². The SMILES string of the molecule is CC[C@@H](C)NC(=O)[C@H](Cc1ccccc1)N(Cc1cccc(C)c1)C(=O)CN(c1cccc(Cl)c1C)S(=O)(=O)c1ccccc1. The average molecular weight is 646 g/mol. The molecule has 2 amide bonds. The van der Waals surface area contributed by atoms with Crippen LogP contribution < -0.4 is 9.62 Å². The van der Waals surface area contributed by atoms with Gasteiger partial charge in [0.05, 0.1) is 10.6 Å². The summed E-state index contributed by atoms with van der Waals surface area (Å²) in [6.45, 7) is 7.15. The maximum absolute atomic E-state index is 14.6. The van der Waals surface area contributed by atoms with Gasteiger partial charge in [0.25, 0.3) is 10.0 Å². The summed E-state index contributed by atoms with van der Waals surface area (Å²) >= 11 is 6.45. The van der Waals surface area contributed by atoms with Gasteiger partial charge in [0.1, 0.15) is 12.6 Å². The maximum atomic E-state index is 14.6. The standard InChI is InChI=1S/C36H40ClN3O4S/c1-5-27(3)38-36(42)34(23-29-15-8-6-9-16-29)39(24-30-17-12-14-26(2)22-30)35(41)25-40(33-21-13-20-32(37)28(33)4)45(43,44)31-18-10-7-11-19-31/h6-22,27,34H,5,23-25H2,1-4H3,(H,38,42)/t27-,34+/m1/s1. The molecule has 9 heteroatoms. The molecule has 0 radical (unpaired) electrons. The Morgan fingerprint density at radius 1 is 0.844 bits per heavy atom. The number of hydrogen-bond donors (Lipinski definition) is 1. The molecule has 0 fully saturated rings. The number of nitrogens with zero attached hydrogens (tertiary/aromatic N) is 2. The molecule has 0 aromatic heterocycles. The zero-order valence-corrected chi connectivity index (χ0v) is 27.7. The lowest BCUT2D eigenvalue weighted by molar-refractivity contribution is -0.140. The zero-order valence-electron chi connectivity index (χ0n) is 26.1. The summed E-state index contributed by atoms with van der Waals surface area (Å²) in [6.07, 6.45) is 0.967. The molecule has 45 heavy (non-hydrogen) atoms. The number of hydrogen-bond acceptors (Lipinski definition) is 4. The molecule has 0 unspecified atom stereocenters. The second-order valence-corrected chi connectivity index (χ2v) is 13.5. The van der Waals surface area contributed by atoms with E-state index in [1.165, 1.54) is 17.0 Å². The minimum atomic E-state index is -4.20. The maximum Gasteiger partial charge on any atom is 0.264 e. The normalized spacial score (nSPS) is 12.6. The van der Waals surface area contributed by atoms with Gasteiger partial charge in [-0.15, -0.1) is 0 Å². The predicted molar refractivity (Wildman–Crippen MR) is 181 cm³/mol. The second kappa shape index (κ2) is 15.2. The summed E-state index contributed by atoms with van der Waals surface area (Å²) in [5, 5.41) is 3.43. The minimum Gasteiger partial charge on any atom is -0.352 e. The van der Waals surface area contributed by atoms with Crippen LogP contribution in [0.5, 0.6) is 0 Å². The highest BCUT2D eigenvalue weighted by Gasteiger charge is 2.35. The Morgan fingerprint density at radius 3 is 2.11 bits per heavy atom. The van der Waals surface area contributed by atoms with Crippen LogP contribution in [-0.4, -0.2) is 43.8 Å². The van der Waals surface area contributed by atoms with Crippen molar-refractivity contribution in [3.8, 4) is 0 Å². The van der Waals surface area contributed by atoms with Crippen LogP contribution in [0.2, 0.25) is 5.02 Å². The van der Waals surface area contributed by atoms with Crippen molar-refractivity contribution in [3.05, 3.63) is 130 Å². The van der Waals surface area contributed by atoms with E-state index in [1.54, 1.807) is 43.3 Å². The molecule has 0 saturated heterocycles. The highest BCUT2D eigenvalue weighted by molar-refractivity contribution is 7.92. The first-order chi connectivity index (χ1) is 21.5. The molecule has 4 aromatic carbocycles. The van der Waals surface area contributed by atoms with E-state index in [2.05, 4.69) is 5.32 Å². The monoisotopic (exact) mass is 645 g/mol. The molecule has 0 saturated carbocycles. The highest BCUT2D eigenvalue weighted by Crippen LogP contribution is 2.31. The first-order valence-electron chi connectivity index (χ1n) is 15.0. The predicted octanol–water partition coefficient (Wildman–Crippen LogP) is 6.71. The number of amides is 2. The number of carbonyl (C=O) groups is 2. The number of carbonyl (C=O) groups excluding carboxylic acids is 2. The molecule has 1 N–H and O–H groups in total. The van der Waals surface area contributed by atoms with Crippen molar-refractivity contribution >= 4 is 39.1 Å². The van der Waals surface area contributed by atoms with Gasteiger partial charge in [0, 0.05) is 24.0 Å². The van der Waals surface area contributed by atoms with Crippen molar-refractivity contribution in [2.24, 2.45) is 0 Å². The van der Waals surface area contributed by atoms with Crippen molar-refractivity contribution in [1.29, 1.82) is 0 Å². The van der Waals surface area contributed by atoms with Crippen LogP contribution in [0.1, 0.15) is 42.5 Å². The van der Waals surface area contributed by atoms with E-state index in [0.717, 1.165) is 21.0 Å². The number of sulfonamides is 1. The summed E-state index contributed by atoms with van der Waals surface area (Å²) in [5.41, 5.74) is 3.52. The zero-order chi connectivity index (χ0) is 32.6.